The van der Waals surface area contributed by atoms with Gasteiger partial charge < -0.3 is 5.11 Å². The fraction of sp³-hybridized carbons (Fsp3) is 0.750. The predicted molar refractivity (Wildman–Crippen MR) is 50.0 cm³/mol. The van der Waals surface area contributed by atoms with E-state index in [1.54, 1.807) is 0 Å². The Morgan fingerprint density at radius 1 is 1.75 bits per heavy atom. The summed E-state index contributed by atoms with van der Waals surface area (Å²) in [5.41, 5.74) is 0. The molecule has 0 radical (unpaired) electrons. The van der Waals surface area contributed by atoms with Crippen molar-refractivity contribution in [3.8, 4) is 0 Å². The largest absolute Gasteiger partial charge is 0.473 e. The van der Waals surface area contributed by atoms with Crippen LogP contribution in [0.2, 0.25) is 0 Å². The Labute approximate surface area is 76.5 Å². The molecule has 0 aromatic carbocycles. The molecular formula is C8H14NO2S+. The van der Waals surface area contributed by atoms with E-state index in [2.05, 4.69) is 6.92 Å². The molecule has 1 aliphatic heterocycles. The molecule has 1 aliphatic rings. The molecule has 0 atom stereocenters. The monoisotopic (exact) mass is 188 g/mol. The molecule has 0 aromatic heterocycles. The number of hydrogen-bond acceptors (Lipinski definition) is 2. The molecule has 0 unspecified atom stereocenters. The molecular weight excluding hydrogens is 174 g/mol. The SMILES string of the molecule is CCCC[N+]1=C(C(=O)O)SCC1. The lowest BCUT2D eigenvalue weighted by molar-refractivity contribution is -0.517. The maximum atomic E-state index is 10.7. The van der Waals surface area contributed by atoms with E-state index in [4.69, 9.17) is 5.11 Å². The Kier molecular flexibility index (Phi) is 3.59. The third-order valence-corrected chi connectivity index (χ3v) is 2.94. The number of carboxylic acids is 1. The van der Waals surface area contributed by atoms with Crippen LogP contribution in [-0.2, 0) is 4.79 Å². The molecule has 3 nitrogen and oxygen atoms in total. The smallest absolute Gasteiger partial charge is 0.408 e. The van der Waals surface area contributed by atoms with Gasteiger partial charge in [0.1, 0.15) is 6.54 Å². The van der Waals surface area contributed by atoms with Gasteiger partial charge in [-0.05, 0) is 11.8 Å². The second-order valence-corrected chi connectivity index (χ2v) is 3.88. The van der Waals surface area contributed by atoms with E-state index in [0.29, 0.717) is 5.04 Å². The molecule has 1 rings (SSSR count). The fourth-order valence-corrected chi connectivity index (χ4v) is 2.20. The zero-order chi connectivity index (χ0) is 8.97. The highest BCUT2D eigenvalue weighted by Crippen LogP contribution is 2.12. The van der Waals surface area contributed by atoms with Crippen molar-refractivity contribution in [2.45, 2.75) is 19.8 Å². The minimum atomic E-state index is -0.770. The average Bonchev–Trinajstić information content (AvgIpc) is 2.48. The summed E-state index contributed by atoms with van der Waals surface area (Å²) in [6, 6.07) is 0. The van der Waals surface area contributed by atoms with Gasteiger partial charge in [0.2, 0.25) is 0 Å². The molecule has 1 heterocycles. The average molecular weight is 188 g/mol. The van der Waals surface area contributed by atoms with Crippen LogP contribution >= 0.6 is 11.8 Å². The van der Waals surface area contributed by atoms with E-state index in [9.17, 15) is 4.79 Å². The van der Waals surface area contributed by atoms with E-state index in [-0.39, 0.29) is 0 Å². The first-order chi connectivity index (χ1) is 5.75. The minimum Gasteiger partial charge on any atom is -0.473 e. The van der Waals surface area contributed by atoms with Gasteiger partial charge in [-0.2, -0.15) is 0 Å². The molecule has 1 N–H and O–H groups in total. The summed E-state index contributed by atoms with van der Waals surface area (Å²) in [6.45, 7) is 3.90. The predicted octanol–water partition coefficient (Wildman–Crippen LogP) is 1.03. The van der Waals surface area contributed by atoms with Crippen LogP contribution in [0.4, 0.5) is 0 Å². The fourth-order valence-electron chi connectivity index (χ4n) is 1.20. The molecule has 68 valence electrons. The first-order valence-electron chi connectivity index (χ1n) is 4.23. The number of hydrogen-bond donors (Lipinski definition) is 1. The van der Waals surface area contributed by atoms with Crippen molar-refractivity contribution < 1.29 is 14.5 Å². The van der Waals surface area contributed by atoms with Gasteiger partial charge >= 0.3 is 11.0 Å². The Hall–Kier alpha value is -0.510. The van der Waals surface area contributed by atoms with E-state index in [0.717, 1.165) is 31.7 Å². The van der Waals surface area contributed by atoms with Crippen molar-refractivity contribution in [3.63, 3.8) is 0 Å². The first kappa shape index (κ1) is 9.58. The van der Waals surface area contributed by atoms with Crippen molar-refractivity contribution in [3.05, 3.63) is 0 Å². The van der Waals surface area contributed by atoms with Crippen molar-refractivity contribution in [2.75, 3.05) is 18.8 Å². The zero-order valence-electron chi connectivity index (χ0n) is 7.25. The van der Waals surface area contributed by atoms with Crippen LogP contribution in [0.5, 0.6) is 0 Å². The highest BCUT2D eigenvalue weighted by atomic mass is 32.2. The molecule has 0 fully saturated rings. The number of carbonyl (C=O) groups is 1. The molecule has 12 heavy (non-hydrogen) atoms. The van der Waals surface area contributed by atoms with Crippen LogP contribution in [0.1, 0.15) is 19.8 Å². The van der Waals surface area contributed by atoms with Crippen molar-refractivity contribution in [2.24, 2.45) is 0 Å². The molecule has 0 amide bonds. The van der Waals surface area contributed by atoms with Gasteiger partial charge in [-0.15, -0.1) is 0 Å². The lowest BCUT2D eigenvalue weighted by Crippen LogP contribution is -2.22. The number of thioether (sulfide) groups is 1. The number of carboxylic acid groups (broad SMARTS) is 1. The van der Waals surface area contributed by atoms with E-state index in [1.807, 2.05) is 4.58 Å². The third kappa shape index (κ3) is 2.24. The van der Waals surface area contributed by atoms with Crippen LogP contribution in [0.3, 0.4) is 0 Å². The molecule has 0 aliphatic carbocycles. The van der Waals surface area contributed by atoms with Crippen LogP contribution in [0.25, 0.3) is 0 Å². The molecule has 0 aromatic rings. The van der Waals surface area contributed by atoms with E-state index >= 15 is 0 Å². The highest BCUT2D eigenvalue weighted by molar-refractivity contribution is 8.15. The Balaban J connectivity index is 2.57. The number of aliphatic carboxylic acids is 1. The molecule has 0 saturated heterocycles. The van der Waals surface area contributed by atoms with Gasteiger partial charge in [0.05, 0.1) is 5.75 Å². The minimum absolute atomic E-state index is 0.531. The van der Waals surface area contributed by atoms with Gasteiger partial charge in [-0.25, -0.2) is 9.37 Å². The first-order valence-corrected chi connectivity index (χ1v) is 5.22. The van der Waals surface area contributed by atoms with Gasteiger partial charge in [0.25, 0.3) is 0 Å². The summed E-state index contributed by atoms with van der Waals surface area (Å²) in [5, 5.41) is 9.31. The number of rotatable bonds is 4. The summed E-state index contributed by atoms with van der Waals surface area (Å²) in [4.78, 5) is 10.7. The van der Waals surface area contributed by atoms with Crippen molar-refractivity contribution in [1.82, 2.24) is 0 Å². The Morgan fingerprint density at radius 3 is 3.08 bits per heavy atom. The van der Waals surface area contributed by atoms with E-state index in [1.165, 1.54) is 11.8 Å². The topological polar surface area (TPSA) is 40.3 Å². The molecule has 0 spiro atoms. The second-order valence-electron chi connectivity index (χ2n) is 2.80. The van der Waals surface area contributed by atoms with Gasteiger partial charge in [-0.3, -0.25) is 0 Å². The van der Waals surface area contributed by atoms with E-state index < -0.39 is 5.97 Å². The highest BCUT2D eigenvalue weighted by Gasteiger charge is 2.28. The van der Waals surface area contributed by atoms with Crippen LogP contribution in [-0.4, -0.2) is 39.5 Å². The summed E-state index contributed by atoms with van der Waals surface area (Å²) in [5.74, 6) is 0.152. The quantitative estimate of drug-likeness (QED) is 0.670. The summed E-state index contributed by atoms with van der Waals surface area (Å²) in [7, 11) is 0. The summed E-state index contributed by atoms with van der Waals surface area (Å²) in [6.07, 6.45) is 2.20. The van der Waals surface area contributed by atoms with Crippen LogP contribution in [0.15, 0.2) is 0 Å². The van der Waals surface area contributed by atoms with Crippen LogP contribution < -0.4 is 0 Å². The van der Waals surface area contributed by atoms with Gasteiger partial charge in [-0.1, -0.05) is 13.3 Å². The van der Waals surface area contributed by atoms with Gasteiger partial charge in [0, 0.05) is 6.42 Å². The third-order valence-electron chi connectivity index (χ3n) is 1.85. The van der Waals surface area contributed by atoms with Crippen molar-refractivity contribution >= 4 is 22.8 Å². The van der Waals surface area contributed by atoms with Crippen molar-refractivity contribution in [1.29, 1.82) is 0 Å². The van der Waals surface area contributed by atoms with Gasteiger partial charge in [0.15, 0.2) is 6.54 Å². The number of nitrogens with zero attached hydrogens (tertiary/aromatic N) is 1. The standard InChI is InChI=1S/C8H13NO2S/c1-2-3-4-9-5-6-12-7(9)8(10)11/h2-6H2,1H3/p+1. The zero-order valence-corrected chi connectivity index (χ0v) is 8.06. The molecule has 0 bridgehead atoms. The summed E-state index contributed by atoms with van der Waals surface area (Å²) < 4.78 is 1.97. The number of unbranched alkanes of at least 4 members (excludes halogenated alkanes) is 1. The maximum Gasteiger partial charge on any atom is 0.408 e. The maximum absolute atomic E-state index is 10.7. The lowest BCUT2D eigenvalue weighted by Gasteiger charge is -1.96. The lowest BCUT2D eigenvalue weighted by atomic mass is 10.3. The Bertz CT molecular complexity index is 213. The second kappa shape index (κ2) is 4.50. The molecule has 4 heteroatoms. The van der Waals surface area contributed by atoms with Crippen LogP contribution in [0, 0.1) is 0 Å². The molecule has 0 saturated carbocycles. The normalized spacial score (nSPS) is 17.1. The Morgan fingerprint density at radius 2 is 2.50 bits per heavy atom. The summed E-state index contributed by atoms with van der Waals surface area (Å²) >= 11 is 1.45.